The number of likely N-dealkylation sites (tertiary alicyclic amines) is 1. The smallest absolute Gasteiger partial charge is 0.407 e. The molecule has 1 amide bonds. The number of ketones is 1. The minimum absolute atomic E-state index is 0.136. The van der Waals surface area contributed by atoms with E-state index in [0.717, 1.165) is 0 Å². The first-order valence-corrected chi connectivity index (χ1v) is 10.4. The lowest BCUT2D eigenvalue weighted by Crippen LogP contribution is -2.51. The van der Waals surface area contributed by atoms with Gasteiger partial charge in [0.25, 0.3) is 0 Å². The van der Waals surface area contributed by atoms with Crippen molar-refractivity contribution >= 4 is 20.2 Å². The Morgan fingerprint density at radius 1 is 1.23 bits per heavy atom. The summed E-state index contributed by atoms with van der Waals surface area (Å²) in [6, 6.07) is 0. The van der Waals surface area contributed by atoms with E-state index >= 15 is 0 Å². The zero-order valence-corrected chi connectivity index (χ0v) is 15.8. The molecule has 5 nitrogen and oxygen atoms in total. The van der Waals surface area contributed by atoms with Gasteiger partial charge in [-0.2, -0.15) is 0 Å². The van der Waals surface area contributed by atoms with E-state index in [2.05, 4.69) is 41.5 Å². The van der Waals surface area contributed by atoms with Crippen LogP contribution in [0.5, 0.6) is 0 Å². The lowest BCUT2D eigenvalue weighted by Gasteiger charge is -2.43. The van der Waals surface area contributed by atoms with Crippen LogP contribution in [-0.2, 0) is 9.22 Å². The Labute approximate surface area is 135 Å². The molecule has 0 aromatic carbocycles. The fourth-order valence-electron chi connectivity index (χ4n) is 3.97. The molecule has 1 fully saturated rings. The van der Waals surface area contributed by atoms with Crippen LogP contribution >= 0.6 is 0 Å². The van der Waals surface area contributed by atoms with Crippen molar-refractivity contribution in [2.75, 3.05) is 19.7 Å². The minimum Gasteiger partial charge on any atom is -0.465 e. The summed E-state index contributed by atoms with van der Waals surface area (Å²) in [6.07, 6.45) is -0.641. The topological polar surface area (TPSA) is 66.8 Å². The number of nitrogens with zero attached hydrogens (tertiary/aromatic N) is 1. The van der Waals surface area contributed by atoms with Crippen molar-refractivity contribution < 1.29 is 19.1 Å². The van der Waals surface area contributed by atoms with E-state index in [0.29, 0.717) is 36.2 Å². The fraction of sp³-hybridized carbons (Fsp3) is 0.875. The zero-order chi connectivity index (χ0) is 17.1. The molecular weight excluding hydrogens is 298 g/mol. The van der Waals surface area contributed by atoms with E-state index < -0.39 is 14.4 Å². The third-order valence-corrected chi connectivity index (χ3v) is 11.1. The van der Waals surface area contributed by atoms with Crippen molar-refractivity contribution in [2.45, 2.75) is 64.6 Å². The molecule has 1 aliphatic heterocycles. The number of piperidine rings is 1. The van der Waals surface area contributed by atoms with E-state index in [-0.39, 0.29) is 18.2 Å². The Morgan fingerprint density at radius 3 is 2.14 bits per heavy atom. The summed E-state index contributed by atoms with van der Waals surface area (Å²) >= 11 is 0. The number of carbonyl (C=O) groups is 2. The van der Waals surface area contributed by atoms with Crippen LogP contribution in [0, 0.1) is 5.92 Å². The van der Waals surface area contributed by atoms with Crippen molar-refractivity contribution in [3.05, 3.63) is 0 Å². The molecule has 1 N–H and O–H groups in total. The van der Waals surface area contributed by atoms with E-state index in [1.807, 2.05) is 0 Å². The fourth-order valence-corrected chi connectivity index (χ4v) is 9.46. The third kappa shape index (κ3) is 3.90. The molecule has 1 rings (SSSR count). The molecule has 0 aliphatic carbocycles. The Hall–Kier alpha value is -0.883. The number of rotatable bonds is 6. The van der Waals surface area contributed by atoms with E-state index in [1.165, 1.54) is 4.90 Å². The van der Waals surface area contributed by atoms with Gasteiger partial charge in [-0.1, -0.05) is 41.5 Å². The highest BCUT2D eigenvalue weighted by molar-refractivity contribution is 6.77. The quantitative estimate of drug-likeness (QED) is 0.754. The van der Waals surface area contributed by atoms with Crippen LogP contribution < -0.4 is 0 Å². The van der Waals surface area contributed by atoms with Crippen LogP contribution in [0.3, 0.4) is 0 Å². The predicted molar refractivity (Wildman–Crippen MR) is 89.7 cm³/mol. The summed E-state index contributed by atoms with van der Waals surface area (Å²) in [5.41, 5.74) is 1.38. The average Bonchev–Trinajstić information content (AvgIpc) is 2.39. The standard InChI is InChI=1S/C16H31NO4Si/c1-11(2)22(12(3)4,13(5)6)21-10-14-9-17(16(19)20)8-7-15(14)18/h11-14H,7-10H2,1-6H3,(H,19,20). The largest absolute Gasteiger partial charge is 0.465 e. The van der Waals surface area contributed by atoms with Crippen LogP contribution in [0.15, 0.2) is 0 Å². The molecule has 1 heterocycles. The number of hydrogen-bond acceptors (Lipinski definition) is 3. The summed E-state index contributed by atoms with van der Waals surface area (Å²) in [5.74, 6) is -0.176. The van der Waals surface area contributed by atoms with Crippen LogP contribution in [0.2, 0.25) is 16.6 Å². The second-order valence-electron chi connectivity index (χ2n) is 7.27. The lowest BCUT2D eigenvalue weighted by atomic mass is 9.98. The first-order valence-electron chi connectivity index (χ1n) is 8.27. The number of carbonyl (C=O) groups excluding carboxylic acids is 1. The SMILES string of the molecule is CC(C)[Si](OCC1CN(C(=O)O)CCC1=O)(C(C)C)C(C)C. The molecule has 128 valence electrons. The molecular formula is C16H31NO4Si. The summed E-state index contributed by atoms with van der Waals surface area (Å²) < 4.78 is 6.45. The highest BCUT2D eigenvalue weighted by Crippen LogP contribution is 2.42. The molecule has 0 bridgehead atoms. The first-order chi connectivity index (χ1) is 10.1. The summed E-state index contributed by atoms with van der Waals surface area (Å²) in [4.78, 5) is 24.6. The van der Waals surface area contributed by atoms with Gasteiger partial charge in [0.1, 0.15) is 5.78 Å². The number of hydrogen-bond donors (Lipinski definition) is 1. The maximum absolute atomic E-state index is 12.1. The molecule has 0 aromatic rings. The van der Waals surface area contributed by atoms with E-state index in [1.54, 1.807) is 0 Å². The van der Waals surface area contributed by atoms with Gasteiger partial charge >= 0.3 is 6.09 Å². The van der Waals surface area contributed by atoms with Crippen molar-refractivity contribution in [1.82, 2.24) is 4.90 Å². The lowest BCUT2D eigenvalue weighted by molar-refractivity contribution is -0.126. The molecule has 0 aromatic heterocycles. The molecule has 1 unspecified atom stereocenters. The molecule has 1 aliphatic rings. The van der Waals surface area contributed by atoms with Crippen LogP contribution in [-0.4, -0.2) is 49.9 Å². The summed E-state index contributed by atoms with van der Waals surface area (Å²) in [5, 5.41) is 9.12. The molecule has 0 radical (unpaired) electrons. The Kier molecular flexibility index (Phi) is 6.61. The summed E-state index contributed by atoms with van der Waals surface area (Å²) in [6.45, 7) is 14.2. The second kappa shape index (κ2) is 7.59. The van der Waals surface area contributed by atoms with Crippen LogP contribution in [0.1, 0.15) is 48.0 Å². The molecule has 1 saturated heterocycles. The zero-order valence-electron chi connectivity index (χ0n) is 14.8. The second-order valence-corrected chi connectivity index (χ2v) is 12.7. The predicted octanol–water partition coefficient (Wildman–Crippen LogP) is 3.75. The maximum Gasteiger partial charge on any atom is 0.407 e. The van der Waals surface area contributed by atoms with Gasteiger partial charge in [0, 0.05) is 26.1 Å². The molecule has 1 atom stereocenters. The normalized spacial score (nSPS) is 20.3. The monoisotopic (exact) mass is 329 g/mol. The first kappa shape index (κ1) is 19.2. The van der Waals surface area contributed by atoms with Gasteiger partial charge in [0.15, 0.2) is 8.32 Å². The van der Waals surface area contributed by atoms with Gasteiger partial charge < -0.3 is 14.4 Å². The van der Waals surface area contributed by atoms with Crippen molar-refractivity contribution in [3.63, 3.8) is 0 Å². The Balaban J connectivity index is 2.83. The van der Waals surface area contributed by atoms with Crippen molar-refractivity contribution in [3.8, 4) is 0 Å². The molecule has 0 spiro atoms. The number of amides is 1. The Morgan fingerprint density at radius 2 is 1.73 bits per heavy atom. The average molecular weight is 330 g/mol. The van der Waals surface area contributed by atoms with Gasteiger partial charge in [-0.05, 0) is 16.6 Å². The van der Waals surface area contributed by atoms with Gasteiger partial charge in [-0.25, -0.2) is 4.79 Å². The number of carboxylic acid groups (broad SMARTS) is 1. The summed E-state index contributed by atoms with van der Waals surface area (Å²) in [7, 11) is -2.01. The molecule has 0 saturated carbocycles. The van der Waals surface area contributed by atoms with Gasteiger partial charge in [0.2, 0.25) is 0 Å². The highest BCUT2D eigenvalue weighted by Gasteiger charge is 2.46. The Bertz CT molecular complexity index is 387. The molecule has 22 heavy (non-hydrogen) atoms. The van der Waals surface area contributed by atoms with Gasteiger partial charge in [-0.15, -0.1) is 0 Å². The van der Waals surface area contributed by atoms with Gasteiger partial charge in [-0.3, -0.25) is 4.79 Å². The van der Waals surface area contributed by atoms with Gasteiger partial charge in [0.05, 0.1) is 5.92 Å². The van der Waals surface area contributed by atoms with Crippen LogP contribution in [0.4, 0.5) is 4.79 Å². The van der Waals surface area contributed by atoms with Crippen molar-refractivity contribution in [2.24, 2.45) is 5.92 Å². The van der Waals surface area contributed by atoms with Crippen molar-refractivity contribution in [1.29, 1.82) is 0 Å². The maximum atomic E-state index is 12.1. The van der Waals surface area contributed by atoms with E-state index in [9.17, 15) is 9.59 Å². The minimum atomic E-state index is -2.01. The highest BCUT2D eigenvalue weighted by atomic mass is 28.4. The van der Waals surface area contributed by atoms with Crippen LogP contribution in [0.25, 0.3) is 0 Å². The number of Topliss-reactive ketones (excluding diaryl/α,β-unsaturated/α-hetero) is 1. The third-order valence-electron chi connectivity index (χ3n) is 5.04. The van der Waals surface area contributed by atoms with E-state index in [4.69, 9.17) is 9.53 Å². The molecule has 6 heteroatoms.